The zero-order chi connectivity index (χ0) is 20.6. The average molecular weight is 406 g/mol. The van der Waals surface area contributed by atoms with Crippen LogP contribution in [0.5, 0.6) is 0 Å². The van der Waals surface area contributed by atoms with Crippen molar-refractivity contribution in [3.63, 3.8) is 0 Å². The minimum atomic E-state index is -3.96. The lowest BCUT2D eigenvalue weighted by Gasteiger charge is -2.26. The molecular formula is C24H23NO3S. The van der Waals surface area contributed by atoms with Crippen molar-refractivity contribution >= 4 is 15.9 Å². The van der Waals surface area contributed by atoms with E-state index in [0.717, 1.165) is 26.6 Å². The molecule has 1 aliphatic rings. The Morgan fingerprint density at radius 2 is 1.41 bits per heavy atom. The number of fused-ring (bicyclic) bond motifs is 1. The minimum Gasteiger partial charge on any atom is -0.273 e. The van der Waals surface area contributed by atoms with Crippen LogP contribution in [0.2, 0.25) is 0 Å². The van der Waals surface area contributed by atoms with Gasteiger partial charge in [0.2, 0.25) is 5.91 Å². The third-order valence-electron chi connectivity index (χ3n) is 5.61. The Bertz CT molecular complexity index is 1140. The second kappa shape index (κ2) is 7.48. The molecule has 4 rings (SSSR count). The number of hydrogen-bond donors (Lipinski definition) is 0. The standard InChI is InChI=1S/C24H23NO3S/c1-17-12-14-20(15-13-17)29(27,28)25-16-23(19-8-4-3-5-9-19)22-11-7-6-10-21(22)18(2)24(25)26/h3-15,18,23H,16H2,1-2H3. The molecular weight excluding hydrogens is 382 g/mol. The van der Waals surface area contributed by atoms with E-state index in [-0.39, 0.29) is 17.4 Å². The normalized spacial score (nSPS) is 19.5. The molecule has 1 amide bonds. The highest BCUT2D eigenvalue weighted by atomic mass is 32.2. The van der Waals surface area contributed by atoms with Crippen LogP contribution in [-0.4, -0.2) is 25.2 Å². The maximum Gasteiger partial charge on any atom is 0.266 e. The van der Waals surface area contributed by atoms with Crippen LogP contribution in [0.25, 0.3) is 0 Å². The summed E-state index contributed by atoms with van der Waals surface area (Å²) in [5.74, 6) is -1.15. The fourth-order valence-electron chi connectivity index (χ4n) is 3.95. The van der Waals surface area contributed by atoms with Crippen LogP contribution >= 0.6 is 0 Å². The molecule has 4 nitrogen and oxygen atoms in total. The van der Waals surface area contributed by atoms with Gasteiger partial charge in [-0.05, 0) is 42.7 Å². The summed E-state index contributed by atoms with van der Waals surface area (Å²) in [6, 6.07) is 24.2. The first kappa shape index (κ1) is 19.4. The summed E-state index contributed by atoms with van der Waals surface area (Å²) in [5.41, 5.74) is 3.84. The molecule has 1 heterocycles. The highest BCUT2D eigenvalue weighted by Crippen LogP contribution is 2.38. The van der Waals surface area contributed by atoms with E-state index in [0.29, 0.717) is 0 Å². The van der Waals surface area contributed by atoms with Crippen LogP contribution in [0.4, 0.5) is 0 Å². The highest BCUT2D eigenvalue weighted by Gasteiger charge is 2.39. The number of rotatable bonds is 3. The van der Waals surface area contributed by atoms with Gasteiger partial charge in [-0.1, -0.05) is 72.3 Å². The Morgan fingerprint density at radius 3 is 2.07 bits per heavy atom. The number of aryl methyl sites for hydroxylation is 1. The number of benzene rings is 3. The number of carbonyl (C=O) groups is 1. The minimum absolute atomic E-state index is 0.0837. The van der Waals surface area contributed by atoms with E-state index >= 15 is 0 Å². The Morgan fingerprint density at radius 1 is 0.828 bits per heavy atom. The maximum atomic E-state index is 13.4. The number of sulfonamides is 1. The molecule has 0 fully saturated rings. The van der Waals surface area contributed by atoms with Crippen LogP contribution in [-0.2, 0) is 14.8 Å². The predicted molar refractivity (Wildman–Crippen MR) is 113 cm³/mol. The van der Waals surface area contributed by atoms with Crippen molar-refractivity contribution in [3.05, 3.63) is 101 Å². The first-order valence-corrected chi connectivity index (χ1v) is 11.1. The lowest BCUT2D eigenvalue weighted by molar-refractivity contribution is -0.127. The summed E-state index contributed by atoms with van der Waals surface area (Å²) >= 11 is 0. The number of hydrogen-bond acceptors (Lipinski definition) is 3. The molecule has 0 aliphatic carbocycles. The van der Waals surface area contributed by atoms with Crippen LogP contribution in [0.1, 0.15) is 41.0 Å². The lowest BCUT2D eigenvalue weighted by Crippen LogP contribution is -2.40. The second-order valence-electron chi connectivity index (χ2n) is 7.50. The molecule has 1 aliphatic heterocycles. The number of carbonyl (C=O) groups excluding carboxylic acids is 1. The fraction of sp³-hybridized carbons (Fsp3) is 0.208. The van der Waals surface area contributed by atoms with E-state index < -0.39 is 21.8 Å². The first-order chi connectivity index (χ1) is 13.9. The van der Waals surface area contributed by atoms with Crippen molar-refractivity contribution in [1.29, 1.82) is 0 Å². The summed E-state index contributed by atoms with van der Waals surface area (Å²) in [6.45, 7) is 3.77. The van der Waals surface area contributed by atoms with E-state index in [1.165, 1.54) is 0 Å². The SMILES string of the molecule is Cc1ccc(S(=O)(=O)N2CC(c3ccccc3)c3ccccc3C(C)C2=O)cc1. The zero-order valence-corrected chi connectivity index (χ0v) is 17.3. The van der Waals surface area contributed by atoms with Gasteiger partial charge in [-0.25, -0.2) is 12.7 Å². The molecule has 0 saturated carbocycles. The van der Waals surface area contributed by atoms with Gasteiger partial charge in [0.15, 0.2) is 0 Å². The highest BCUT2D eigenvalue weighted by molar-refractivity contribution is 7.89. The van der Waals surface area contributed by atoms with Gasteiger partial charge in [0, 0.05) is 12.5 Å². The monoisotopic (exact) mass is 405 g/mol. The summed E-state index contributed by atoms with van der Waals surface area (Å²) in [4.78, 5) is 13.5. The van der Waals surface area contributed by atoms with Crippen LogP contribution in [0.3, 0.4) is 0 Å². The molecule has 0 bridgehead atoms. The topological polar surface area (TPSA) is 54.5 Å². The Labute approximate surface area is 171 Å². The Hall–Kier alpha value is -2.92. The van der Waals surface area contributed by atoms with Crippen LogP contribution in [0.15, 0.2) is 83.8 Å². The lowest BCUT2D eigenvalue weighted by atomic mass is 9.86. The molecule has 2 unspecified atom stereocenters. The van der Waals surface area contributed by atoms with Crippen molar-refractivity contribution in [2.75, 3.05) is 6.54 Å². The quantitative estimate of drug-likeness (QED) is 0.646. The molecule has 0 spiro atoms. The number of nitrogens with zero attached hydrogens (tertiary/aromatic N) is 1. The molecule has 29 heavy (non-hydrogen) atoms. The van der Waals surface area contributed by atoms with Gasteiger partial charge in [0.1, 0.15) is 0 Å². The van der Waals surface area contributed by atoms with E-state index in [1.807, 2.05) is 61.5 Å². The van der Waals surface area contributed by atoms with Crippen molar-refractivity contribution in [3.8, 4) is 0 Å². The zero-order valence-electron chi connectivity index (χ0n) is 16.4. The number of amides is 1. The van der Waals surface area contributed by atoms with Crippen molar-refractivity contribution in [1.82, 2.24) is 4.31 Å². The summed E-state index contributed by atoms with van der Waals surface area (Å²) in [5, 5.41) is 0. The second-order valence-corrected chi connectivity index (χ2v) is 9.36. The molecule has 0 N–H and O–H groups in total. The largest absolute Gasteiger partial charge is 0.273 e. The molecule has 3 aromatic carbocycles. The Balaban J connectivity index is 1.87. The van der Waals surface area contributed by atoms with Gasteiger partial charge < -0.3 is 0 Å². The van der Waals surface area contributed by atoms with Crippen molar-refractivity contribution in [2.45, 2.75) is 30.6 Å². The third kappa shape index (κ3) is 3.47. The van der Waals surface area contributed by atoms with E-state index in [1.54, 1.807) is 31.2 Å². The average Bonchev–Trinajstić information content (AvgIpc) is 2.85. The smallest absolute Gasteiger partial charge is 0.266 e. The van der Waals surface area contributed by atoms with E-state index in [4.69, 9.17) is 0 Å². The van der Waals surface area contributed by atoms with E-state index in [9.17, 15) is 13.2 Å². The molecule has 148 valence electrons. The van der Waals surface area contributed by atoms with Gasteiger partial charge in [0.25, 0.3) is 10.0 Å². The third-order valence-corrected chi connectivity index (χ3v) is 7.39. The molecule has 0 aromatic heterocycles. The van der Waals surface area contributed by atoms with Gasteiger partial charge in [-0.2, -0.15) is 0 Å². The summed E-state index contributed by atoms with van der Waals surface area (Å²) < 4.78 is 28.0. The molecule has 5 heteroatoms. The molecule has 2 atom stereocenters. The fourth-order valence-corrected chi connectivity index (χ4v) is 5.42. The summed E-state index contributed by atoms with van der Waals surface area (Å²) in [7, 11) is -3.96. The maximum absolute atomic E-state index is 13.4. The molecule has 0 radical (unpaired) electrons. The van der Waals surface area contributed by atoms with Crippen molar-refractivity contribution in [2.24, 2.45) is 0 Å². The summed E-state index contributed by atoms with van der Waals surface area (Å²) in [6.07, 6.45) is 0. The van der Waals surface area contributed by atoms with Gasteiger partial charge >= 0.3 is 0 Å². The van der Waals surface area contributed by atoms with Gasteiger partial charge in [-0.15, -0.1) is 0 Å². The molecule has 0 saturated heterocycles. The predicted octanol–water partition coefficient (Wildman–Crippen LogP) is 4.46. The van der Waals surface area contributed by atoms with E-state index in [2.05, 4.69) is 0 Å². The Kier molecular flexibility index (Phi) is 5.01. The van der Waals surface area contributed by atoms with Gasteiger partial charge in [0.05, 0.1) is 10.8 Å². The first-order valence-electron chi connectivity index (χ1n) is 9.66. The molecule has 3 aromatic rings. The van der Waals surface area contributed by atoms with Crippen LogP contribution < -0.4 is 0 Å². The van der Waals surface area contributed by atoms with Crippen LogP contribution in [0, 0.1) is 6.92 Å². The van der Waals surface area contributed by atoms with Gasteiger partial charge in [-0.3, -0.25) is 4.79 Å². The van der Waals surface area contributed by atoms with Crippen molar-refractivity contribution < 1.29 is 13.2 Å².